The summed E-state index contributed by atoms with van der Waals surface area (Å²) in [7, 11) is 0. The third-order valence-electron chi connectivity index (χ3n) is 5.79. The average molecular weight is 425 g/mol. The summed E-state index contributed by atoms with van der Waals surface area (Å²) in [4.78, 5) is 20.5. The van der Waals surface area contributed by atoms with Crippen molar-refractivity contribution in [3.05, 3.63) is 48.3 Å². The number of hydrogen-bond acceptors (Lipinski definition) is 5. The molecule has 3 aromatic rings. The Hall–Kier alpha value is -3.06. The van der Waals surface area contributed by atoms with Crippen LogP contribution in [0.2, 0.25) is 0 Å². The number of nitrogens with one attached hydrogen (secondary N) is 3. The zero-order valence-corrected chi connectivity index (χ0v) is 18.4. The van der Waals surface area contributed by atoms with Crippen LogP contribution in [0.1, 0.15) is 63.2 Å². The maximum atomic E-state index is 13.0. The van der Waals surface area contributed by atoms with Gasteiger partial charge in [-0.2, -0.15) is 0 Å². The molecule has 0 unspecified atom stereocenters. The zero-order chi connectivity index (χ0) is 22.4. The normalized spacial score (nSPS) is 14.2. The molecule has 0 aliphatic rings. The number of aliphatic hydroxyl groups is 1. The molecule has 1 amide bonds. The van der Waals surface area contributed by atoms with Gasteiger partial charge in [0.1, 0.15) is 11.4 Å². The fraction of sp³-hybridized carbons (Fsp3) is 0.417. The van der Waals surface area contributed by atoms with Crippen molar-refractivity contribution in [2.24, 2.45) is 0 Å². The Morgan fingerprint density at radius 2 is 2.00 bits per heavy atom. The highest BCUT2D eigenvalue weighted by Crippen LogP contribution is 2.30. The topological polar surface area (TPSA) is 110 Å². The van der Waals surface area contributed by atoms with Gasteiger partial charge in [-0.05, 0) is 50.8 Å². The molecule has 2 atom stereocenters. The summed E-state index contributed by atoms with van der Waals surface area (Å²) in [6.07, 6.45) is 7.21. The van der Waals surface area contributed by atoms with Crippen LogP contribution in [0.3, 0.4) is 0 Å². The number of phenols is 1. The van der Waals surface area contributed by atoms with Crippen molar-refractivity contribution in [3.63, 3.8) is 0 Å². The van der Waals surface area contributed by atoms with Crippen molar-refractivity contribution in [1.82, 2.24) is 9.97 Å². The predicted octanol–water partition coefficient (Wildman–Crippen LogP) is 5.04. The van der Waals surface area contributed by atoms with Gasteiger partial charge >= 0.3 is 0 Å². The van der Waals surface area contributed by atoms with Gasteiger partial charge in [0.2, 0.25) is 0 Å². The number of para-hydroxylation sites is 2. The van der Waals surface area contributed by atoms with Crippen LogP contribution in [0.5, 0.6) is 5.75 Å². The fourth-order valence-corrected chi connectivity index (χ4v) is 3.85. The average Bonchev–Trinajstić information content (AvgIpc) is 3.24. The second-order valence-electron chi connectivity index (χ2n) is 8.17. The van der Waals surface area contributed by atoms with E-state index in [1.54, 1.807) is 24.4 Å². The summed E-state index contributed by atoms with van der Waals surface area (Å²) in [6.45, 7) is 6.14. The number of aromatic amines is 1. The molecule has 3 rings (SSSR count). The number of aromatic nitrogens is 2. The van der Waals surface area contributed by atoms with Crippen molar-refractivity contribution in [2.75, 3.05) is 10.6 Å². The lowest BCUT2D eigenvalue weighted by Crippen LogP contribution is -2.30. The lowest BCUT2D eigenvalue weighted by molar-refractivity contribution is 0.0155. The Labute approximate surface area is 182 Å². The van der Waals surface area contributed by atoms with Crippen LogP contribution < -0.4 is 10.6 Å². The smallest absolute Gasteiger partial charge is 0.259 e. The lowest BCUT2D eigenvalue weighted by atomic mass is 9.88. The van der Waals surface area contributed by atoms with E-state index in [0.717, 1.165) is 31.1 Å². The molecule has 0 fully saturated rings. The fourth-order valence-electron chi connectivity index (χ4n) is 3.85. The first-order valence-corrected chi connectivity index (χ1v) is 10.9. The maximum absolute atomic E-state index is 13.0. The highest BCUT2D eigenvalue weighted by atomic mass is 16.3. The number of anilines is 2. The third-order valence-corrected chi connectivity index (χ3v) is 5.79. The highest BCUT2D eigenvalue weighted by molar-refractivity contribution is 6.12. The van der Waals surface area contributed by atoms with E-state index >= 15 is 0 Å². The van der Waals surface area contributed by atoms with Gasteiger partial charge in [-0.15, -0.1) is 0 Å². The van der Waals surface area contributed by atoms with Crippen LogP contribution in [0, 0.1) is 0 Å². The van der Waals surface area contributed by atoms with Crippen LogP contribution >= 0.6 is 0 Å². The second-order valence-corrected chi connectivity index (χ2v) is 8.17. The maximum Gasteiger partial charge on any atom is 0.259 e. The predicted molar refractivity (Wildman–Crippen MR) is 125 cm³/mol. The van der Waals surface area contributed by atoms with Crippen LogP contribution in [-0.2, 0) is 0 Å². The van der Waals surface area contributed by atoms with Gasteiger partial charge in [0.05, 0.1) is 22.5 Å². The number of amides is 1. The van der Waals surface area contributed by atoms with E-state index in [9.17, 15) is 15.0 Å². The number of carbonyl (C=O) groups excluding carboxylic acids is 1. The largest absolute Gasteiger partial charge is 0.506 e. The molecule has 5 N–H and O–H groups in total. The third kappa shape index (κ3) is 5.35. The van der Waals surface area contributed by atoms with Gasteiger partial charge in [0.25, 0.3) is 5.91 Å². The Morgan fingerprint density at radius 1 is 1.23 bits per heavy atom. The molecule has 0 spiro atoms. The van der Waals surface area contributed by atoms with E-state index < -0.39 is 5.60 Å². The van der Waals surface area contributed by atoms with Gasteiger partial charge in [0, 0.05) is 23.8 Å². The molecule has 0 bridgehead atoms. The number of benzene rings is 1. The monoisotopic (exact) mass is 424 g/mol. The Balaban J connectivity index is 1.82. The number of rotatable bonds is 10. The molecule has 0 aliphatic heterocycles. The molecule has 0 saturated carbocycles. The zero-order valence-electron chi connectivity index (χ0n) is 18.4. The van der Waals surface area contributed by atoms with Crippen molar-refractivity contribution in [1.29, 1.82) is 0 Å². The molecule has 2 aromatic heterocycles. The van der Waals surface area contributed by atoms with E-state index in [4.69, 9.17) is 0 Å². The van der Waals surface area contributed by atoms with Crippen molar-refractivity contribution < 1.29 is 15.0 Å². The number of hydrogen-bond donors (Lipinski definition) is 5. The summed E-state index contributed by atoms with van der Waals surface area (Å²) in [5.74, 6) is -0.355. The number of fused-ring (bicyclic) bond motifs is 1. The molecular formula is C24H32N4O3. The van der Waals surface area contributed by atoms with E-state index in [0.29, 0.717) is 29.0 Å². The molecule has 2 heterocycles. The van der Waals surface area contributed by atoms with Crippen LogP contribution in [-0.4, -0.2) is 37.7 Å². The molecule has 7 nitrogen and oxygen atoms in total. The van der Waals surface area contributed by atoms with Gasteiger partial charge in [-0.25, -0.2) is 4.98 Å². The van der Waals surface area contributed by atoms with Gasteiger partial charge in [-0.1, -0.05) is 32.4 Å². The SMILES string of the molecule is CCC[C@@](O)(CC)CC[C@H](C)Nc1c(C(=O)Nc2ccccc2O)cnc2[nH]ccc12. The summed E-state index contributed by atoms with van der Waals surface area (Å²) < 4.78 is 0. The standard InChI is InChI=1S/C24H32N4O3/c1-4-12-24(31,5-2)13-10-16(3)27-21-17-11-14-25-22(17)26-15-18(21)23(30)28-19-8-6-7-9-20(19)29/h6-9,11,14-16,29,31H,4-5,10,12-13H2,1-3H3,(H,28,30)(H2,25,26,27)/t16-,24-/m0/s1. The molecule has 0 radical (unpaired) electrons. The van der Waals surface area contributed by atoms with Crippen LogP contribution in [0.25, 0.3) is 11.0 Å². The van der Waals surface area contributed by atoms with E-state index in [2.05, 4.69) is 27.5 Å². The number of carbonyl (C=O) groups is 1. The number of H-pyrrole nitrogens is 1. The number of nitrogens with zero attached hydrogens (tertiary/aromatic N) is 1. The molecule has 31 heavy (non-hydrogen) atoms. The minimum atomic E-state index is -0.655. The lowest BCUT2D eigenvalue weighted by Gasteiger charge is -2.28. The summed E-state index contributed by atoms with van der Waals surface area (Å²) >= 11 is 0. The Kier molecular flexibility index (Phi) is 7.17. The summed E-state index contributed by atoms with van der Waals surface area (Å²) in [5, 5.41) is 27.8. The Morgan fingerprint density at radius 3 is 2.71 bits per heavy atom. The molecule has 7 heteroatoms. The van der Waals surface area contributed by atoms with Crippen LogP contribution in [0.4, 0.5) is 11.4 Å². The van der Waals surface area contributed by atoms with Gasteiger partial charge in [0.15, 0.2) is 0 Å². The first kappa shape index (κ1) is 22.6. The van der Waals surface area contributed by atoms with Crippen molar-refractivity contribution >= 4 is 28.3 Å². The van der Waals surface area contributed by atoms with Crippen molar-refractivity contribution in [3.8, 4) is 5.75 Å². The molecule has 1 aromatic carbocycles. The molecule has 0 aliphatic carbocycles. The Bertz CT molecular complexity index is 1030. The van der Waals surface area contributed by atoms with Gasteiger partial charge < -0.3 is 25.8 Å². The number of aromatic hydroxyl groups is 1. The summed E-state index contributed by atoms with van der Waals surface area (Å²) in [5.41, 5.74) is 1.44. The first-order valence-electron chi connectivity index (χ1n) is 10.9. The van der Waals surface area contributed by atoms with Gasteiger partial charge in [-0.3, -0.25) is 4.79 Å². The minimum Gasteiger partial charge on any atom is -0.506 e. The molecule has 166 valence electrons. The number of pyridine rings is 1. The molecular weight excluding hydrogens is 392 g/mol. The molecule has 0 saturated heterocycles. The van der Waals surface area contributed by atoms with E-state index in [1.807, 2.05) is 19.9 Å². The van der Waals surface area contributed by atoms with E-state index in [1.165, 1.54) is 12.3 Å². The minimum absolute atomic E-state index is 0.00387. The number of phenolic OH excluding ortho intramolecular Hbond substituents is 1. The van der Waals surface area contributed by atoms with Crippen LogP contribution in [0.15, 0.2) is 42.7 Å². The second kappa shape index (κ2) is 9.83. The summed E-state index contributed by atoms with van der Waals surface area (Å²) in [6, 6.07) is 8.53. The quantitative estimate of drug-likeness (QED) is 0.293. The highest BCUT2D eigenvalue weighted by Gasteiger charge is 2.25. The van der Waals surface area contributed by atoms with Crippen molar-refractivity contribution in [2.45, 2.75) is 64.5 Å². The van der Waals surface area contributed by atoms with E-state index in [-0.39, 0.29) is 17.7 Å². The first-order chi connectivity index (χ1) is 14.9.